The quantitative estimate of drug-likeness (QED) is 0.0807. The Bertz CT molecular complexity index is 790. The average molecular weight is 614 g/mol. The van der Waals surface area contributed by atoms with Crippen LogP contribution in [0.5, 0.6) is 0 Å². The molecule has 13 heteroatoms. The van der Waals surface area contributed by atoms with Gasteiger partial charge in [0.2, 0.25) is 0 Å². The van der Waals surface area contributed by atoms with Gasteiger partial charge in [-0.05, 0) is 26.7 Å². The van der Waals surface area contributed by atoms with Gasteiger partial charge in [-0.3, -0.25) is 0 Å². The number of nitriles is 2. The molecule has 216 valence electrons. The molecule has 0 atom stereocenters. The van der Waals surface area contributed by atoms with Crippen LogP contribution >= 0.6 is 34.8 Å². The molecule has 0 amide bonds. The summed E-state index contributed by atoms with van der Waals surface area (Å²) < 4.78 is 24.8. The zero-order valence-electron chi connectivity index (χ0n) is 22.9. The molecule has 0 bridgehead atoms. The number of hydrogen-bond acceptors (Lipinski definition) is 9. The van der Waals surface area contributed by atoms with E-state index in [0.29, 0.717) is 37.5 Å². The van der Waals surface area contributed by atoms with E-state index in [1.165, 1.54) is 0 Å². The predicted octanol–water partition coefficient (Wildman–Crippen LogP) is 4.79. The Morgan fingerprint density at radius 1 is 0.763 bits per heavy atom. The van der Waals surface area contributed by atoms with Crippen LogP contribution in [0.3, 0.4) is 0 Å². The Labute approximate surface area is 242 Å². The summed E-state index contributed by atoms with van der Waals surface area (Å²) in [4.78, 5) is 21.1. The molecular weight excluding hydrogens is 575 g/mol. The topological polar surface area (TPSA) is 128 Å². The Morgan fingerprint density at radius 3 is 1.37 bits per heavy atom. The molecule has 2 fully saturated rings. The molecule has 0 N–H and O–H groups in total. The number of ether oxygens (including phenoxy) is 5. The zero-order chi connectivity index (χ0) is 29.5. The maximum absolute atomic E-state index is 10.5. The van der Waals surface area contributed by atoms with Gasteiger partial charge in [-0.15, -0.1) is 34.8 Å². The number of carbonyl (C=O) groups excluding carboxylic acids is 2. The molecule has 2 aliphatic rings. The van der Waals surface area contributed by atoms with Gasteiger partial charge in [0.15, 0.2) is 19.5 Å². The fourth-order valence-corrected chi connectivity index (χ4v) is 2.19. The van der Waals surface area contributed by atoms with Gasteiger partial charge in [-0.25, -0.2) is 14.9 Å². The smallest absolute Gasteiger partial charge is 0.384 e. The first-order valence-corrected chi connectivity index (χ1v) is 17.3. The molecule has 2 rings (SSSR count). The second-order valence-corrected chi connectivity index (χ2v) is 14.5. The van der Waals surface area contributed by atoms with Crippen molar-refractivity contribution in [1.82, 2.24) is 0 Å². The second kappa shape index (κ2) is 22.3. The minimum atomic E-state index is -1.33. The molecule has 0 saturated heterocycles. The van der Waals surface area contributed by atoms with Crippen LogP contribution < -0.4 is 0 Å². The molecule has 2 aliphatic carbocycles. The van der Waals surface area contributed by atoms with Crippen molar-refractivity contribution in [2.45, 2.75) is 70.6 Å². The van der Waals surface area contributed by atoms with E-state index in [0.717, 1.165) is 25.7 Å². The first kappa shape index (κ1) is 38.6. The Morgan fingerprint density at radius 2 is 1.13 bits per heavy atom. The Hall–Kier alpha value is -1.55. The Balaban J connectivity index is 0. The van der Waals surface area contributed by atoms with E-state index >= 15 is 0 Å². The zero-order valence-corrected chi connectivity index (χ0v) is 26.1. The van der Waals surface area contributed by atoms with Crippen LogP contribution in [0, 0.1) is 34.1 Å². The van der Waals surface area contributed by atoms with E-state index in [-0.39, 0.29) is 19.0 Å². The van der Waals surface area contributed by atoms with E-state index in [4.69, 9.17) is 59.5 Å². The fourth-order valence-electron chi connectivity index (χ4n) is 1.95. The van der Waals surface area contributed by atoms with E-state index in [9.17, 15) is 9.59 Å². The summed E-state index contributed by atoms with van der Waals surface area (Å²) in [6.45, 7) is 11.5. The lowest BCUT2D eigenvalue weighted by Crippen LogP contribution is -2.21. The maximum Gasteiger partial charge on any atom is 0.384 e. The van der Waals surface area contributed by atoms with Crippen LogP contribution in [0.1, 0.15) is 39.5 Å². The highest BCUT2D eigenvalue weighted by Crippen LogP contribution is 2.40. The predicted molar refractivity (Wildman–Crippen MR) is 150 cm³/mol. The van der Waals surface area contributed by atoms with E-state index in [1.807, 2.05) is 31.5 Å². The average Bonchev–Trinajstić information content (AvgIpc) is 3.82. The number of nitrogens with zero attached hydrogens (tertiary/aromatic N) is 2. The molecule has 2 saturated carbocycles. The van der Waals surface area contributed by atoms with Crippen LogP contribution in [0.2, 0.25) is 19.6 Å². The third-order valence-corrected chi connectivity index (χ3v) is 5.19. The lowest BCUT2D eigenvalue weighted by atomic mass is 10.4. The molecule has 38 heavy (non-hydrogen) atoms. The summed E-state index contributed by atoms with van der Waals surface area (Å²) in [5.41, 5.74) is 1.81. The third-order valence-electron chi connectivity index (χ3n) is 4.06. The van der Waals surface area contributed by atoms with E-state index < -0.39 is 25.6 Å². The Kier molecular flexibility index (Phi) is 22.6. The van der Waals surface area contributed by atoms with E-state index in [2.05, 4.69) is 21.2 Å². The molecule has 9 nitrogen and oxygen atoms in total. The molecule has 0 aromatic carbocycles. The van der Waals surface area contributed by atoms with Crippen molar-refractivity contribution in [2.24, 2.45) is 0 Å². The number of alkyl halides is 3. The van der Waals surface area contributed by atoms with Crippen LogP contribution in [0.25, 0.3) is 0 Å². The first-order chi connectivity index (χ1) is 17.9. The van der Waals surface area contributed by atoms with E-state index in [1.54, 1.807) is 13.8 Å². The highest BCUT2D eigenvalue weighted by molar-refractivity contribution is 6.83. The van der Waals surface area contributed by atoms with Gasteiger partial charge in [0.05, 0.1) is 39.1 Å². The van der Waals surface area contributed by atoms with Crippen LogP contribution in [0.15, 0.2) is 0 Å². The van der Waals surface area contributed by atoms with Crippen molar-refractivity contribution in [2.75, 3.05) is 50.7 Å². The molecule has 0 aromatic rings. The van der Waals surface area contributed by atoms with Crippen molar-refractivity contribution < 1.29 is 33.3 Å². The summed E-state index contributed by atoms with van der Waals surface area (Å²) >= 11 is 16.3. The van der Waals surface area contributed by atoms with Crippen molar-refractivity contribution in [3.63, 3.8) is 0 Å². The molecule has 0 heterocycles. The molecule has 0 radical (unpaired) electrons. The second-order valence-electron chi connectivity index (χ2n) is 8.68. The first-order valence-electron chi connectivity index (χ1n) is 12.2. The van der Waals surface area contributed by atoms with Crippen molar-refractivity contribution in [3.05, 3.63) is 0 Å². The lowest BCUT2D eigenvalue weighted by Gasteiger charge is -2.15. The van der Waals surface area contributed by atoms with Crippen LogP contribution in [-0.2, 0) is 33.3 Å². The van der Waals surface area contributed by atoms with Crippen LogP contribution in [0.4, 0.5) is 0 Å². The van der Waals surface area contributed by atoms with Gasteiger partial charge in [0.1, 0.15) is 0 Å². The van der Waals surface area contributed by atoms with Gasteiger partial charge in [0, 0.05) is 48.0 Å². The fraction of sp³-hybridized carbons (Fsp3) is 0.760. The van der Waals surface area contributed by atoms with Crippen molar-refractivity contribution >= 4 is 54.8 Å². The van der Waals surface area contributed by atoms with Gasteiger partial charge in [0.25, 0.3) is 0 Å². The number of esters is 2. The van der Waals surface area contributed by atoms with Gasteiger partial charge in [-0.1, -0.05) is 19.6 Å². The van der Waals surface area contributed by atoms with Gasteiger partial charge >= 0.3 is 11.9 Å². The number of rotatable bonds is 11. The maximum atomic E-state index is 10.5. The van der Waals surface area contributed by atoms with Gasteiger partial charge < -0.3 is 23.7 Å². The highest BCUT2D eigenvalue weighted by Gasteiger charge is 2.45. The largest absolute Gasteiger partial charge is 0.456 e. The SMILES string of the molecule is CCOC(=O)C#CC(=O)OCC.C[Si](C)(C)C#N.ClCCOC1(OCCCl)CC1.N#CC1(OCCCl)CC1. The normalized spacial score (nSPS) is 14.9. The standard InChI is InChI=1S/C8H10O4.C7H12Cl2O2.C6H8ClNO.C4H9NSi/c1-3-11-7(9)5-6-8(10)12-4-2;8-3-5-10-7(1-2-7)11-6-4-9;7-3-4-9-6(5-8)1-2-6;1-6(2,3)4-5/h3-4H2,1-2H3;1-6H2;1-4H2;1-3H3. The molecule has 0 spiro atoms. The molecule has 0 unspecified atom stereocenters. The molecular formula is C25H39Cl3N2O7Si. The number of hydrogen-bond donors (Lipinski definition) is 0. The summed E-state index contributed by atoms with van der Waals surface area (Å²) in [7, 11) is -1.33. The lowest BCUT2D eigenvalue weighted by molar-refractivity contribution is -0.159. The molecule has 0 aliphatic heterocycles. The third kappa shape index (κ3) is 23.6. The van der Waals surface area contributed by atoms with Gasteiger partial charge in [-0.2, -0.15) is 5.26 Å². The monoisotopic (exact) mass is 612 g/mol. The van der Waals surface area contributed by atoms with Crippen LogP contribution in [-0.4, -0.2) is 82.1 Å². The highest BCUT2D eigenvalue weighted by atomic mass is 35.5. The summed E-state index contributed by atoms with van der Waals surface area (Å²) in [6.07, 6.45) is 3.70. The minimum Gasteiger partial charge on any atom is -0.456 e. The summed E-state index contributed by atoms with van der Waals surface area (Å²) in [6, 6.07) is 2.11. The number of carbonyl (C=O) groups is 2. The molecule has 0 aromatic heterocycles. The summed E-state index contributed by atoms with van der Waals surface area (Å²) in [5, 5.41) is 16.7. The summed E-state index contributed by atoms with van der Waals surface area (Å²) in [5.74, 6) is 3.73. The number of halogens is 3. The van der Waals surface area contributed by atoms with Crippen molar-refractivity contribution in [1.29, 1.82) is 10.5 Å². The minimum absolute atomic E-state index is 0.246. The van der Waals surface area contributed by atoms with Crippen molar-refractivity contribution in [3.8, 4) is 23.6 Å².